The van der Waals surface area contributed by atoms with Gasteiger partial charge < -0.3 is 34.5 Å². The molecule has 1 aliphatic heterocycles. The van der Waals surface area contributed by atoms with Gasteiger partial charge >= 0.3 is 5.63 Å². The Morgan fingerprint density at radius 1 is 1.26 bits per heavy atom. The maximum absolute atomic E-state index is 11.6. The smallest absolute Gasteiger partial charge is 0.336 e. The third kappa shape index (κ3) is 3.96. The van der Waals surface area contributed by atoms with Gasteiger partial charge in [-0.1, -0.05) is 0 Å². The van der Waals surface area contributed by atoms with E-state index < -0.39 is 48.8 Å². The summed E-state index contributed by atoms with van der Waals surface area (Å²) in [5.74, 6) is -0.192. The summed E-state index contributed by atoms with van der Waals surface area (Å²) < 4.78 is 16.4. The zero-order valence-electron chi connectivity index (χ0n) is 14.8. The van der Waals surface area contributed by atoms with Gasteiger partial charge in [0.2, 0.25) is 12.2 Å². The number of ether oxygens (including phenoxy) is 2. The van der Waals surface area contributed by atoms with Crippen LogP contribution in [0.4, 0.5) is 0 Å². The number of carbonyl (C=O) groups is 1. The fourth-order valence-corrected chi connectivity index (χ4v) is 3.08. The predicted molar refractivity (Wildman–Crippen MR) is 93.2 cm³/mol. The number of amides is 1. The first-order chi connectivity index (χ1) is 12.8. The van der Waals surface area contributed by atoms with Crippen molar-refractivity contribution in [3.05, 3.63) is 40.2 Å². The molecule has 0 unspecified atom stereocenters. The maximum atomic E-state index is 11.6. The number of aliphatic hydroxyl groups is 3. The summed E-state index contributed by atoms with van der Waals surface area (Å²) in [6, 6.07) is 5.12. The van der Waals surface area contributed by atoms with Gasteiger partial charge in [0.25, 0.3) is 0 Å². The molecule has 1 aromatic heterocycles. The highest BCUT2D eigenvalue weighted by Crippen LogP contribution is 2.27. The molecule has 3 rings (SSSR count). The molecule has 0 aliphatic carbocycles. The van der Waals surface area contributed by atoms with Crippen LogP contribution in [0.25, 0.3) is 11.0 Å². The van der Waals surface area contributed by atoms with Crippen LogP contribution in [-0.2, 0) is 9.53 Å². The van der Waals surface area contributed by atoms with E-state index >= 15 is 0 Å². The standard InChI is InChI=1S/C18H21NO8/c1-8-5-14(22)26-12-6-10(3-4-11(8)12)25-18-15(19-9(2)21)17(24)16(23)13(7-20)27-18/h3-6,13,15-18,20,23-24H,7H2,1-2H3,(H,19,21)/t13-,15-,16+,17-,18-/m1/s1. The van der Waals surface area contributed by atoms with Gasteiger partial charge in [0.15, 0.2) is 0 Å². The van der Waals surface area contributed by atoms with Gasteiger partial charge in [-0.25, -0.2) is 4.79 Å². The number of aryl methyl sites for hydroxylation is 1. The lowest BCUT2D eigenvalue weighted by molar-refractivity contribution is -0.244. The van der Waals surface area contributed by atoms with Crippen molar-refractivity contribution in [3.8, 4) is 5.75 Å². The van der Waals surface area contributed by atoms with Gasteiger partial charge in [-0.15, -0.1) is 0 Å². The molecule has 0 bridgehead atoms. The van der Waals surface area contributed by atoms with E-state index in [1.54, 1.807) is 19.1 Å². The van der Waals surface area contributed by atoms with Crippen LogP contribution in [0.1, 0.15) is 12.5 Å². The Morgan fingerprint density at radius 3 is 2.67 bits per heavy atom. The lowest BCUT2D eigenvalue weighted by Gasteiger charge is -2.42. The van der Waals surface area contributed by atoms with Crippen LogP contribution in [0, 0.1) is 6.92 Å². The van der Waals surface area contributed by atoms with Crippen LogP contribution in [-0.4, -0.2) is 58.5 Å². The number of fused-ring (bicyclic) bond motifs is 1. The monoisotopic (exact) mass is 379 g/mol. The third-order valence-electron chi connectivity index (χ3n) is 4.43. The van der Waals surface area contributed by atoms with Crippen molar-refractivity contribution in [1.82, 2.24) is 5.32 Å². The van der Waals surface area contributed by atoms with Crippen molar-refractivity contribution in [2.75, 3.05) is 6.61 Å². The van der Waals surface area contributed by atoms with Crippen molar-refractivity contribution in [3.63, 3.8) is 0 Å². The SMILES string of the molecule is CC(=O)N[C@H]1[C@H](Oc2ccc3c(C)cc(=O)oc3c2)O[C@H](CO)[C@H](O)[C@@H]1O. The van der Waals surface area contributed by atoms with E-state index in [1.165, 1.54) is 19.1 Å². The van der Waals surface area contributed by atoms with E-state index in [0.29, 0.717) is 5.58 Å². The van der Waals surface area contributed by atoms with Crippen LogP contribution >= 0.6 is 0 Å². The zero-order valence-corrected chi connectivity index (χ0v) is 14.8. The fourth-order valence-electron chi connectivity index (χ4n) is 3.08. The highest BCUT2D eigenvalue weighted by molar-refractivity contribution is 5.81. The van der Waals surface area contributed by atoms with Crippen LogP contribution in [0.3, 0.4) is 0 Å². The van der Waals surface area contributed by atoms with Gasteiger partial charge in [0.1, 0.15) is 35.7 Å². The van der Waals surface area contributed by atoms with E-state index in [2.05, 4.69) is 5.32 Å². The number of nitrogens with one attached hydrogen (secondary N) is 1. The molecule has 2 heterocycles. The summed E-state index contributed by atoms with van der Waals surface area (Å²) >= 11 is 0. The number of aliphatic hydroxyl groups excluding tert-OH is 3. The molecule has 1 aromatic carbocycles. The van der Waals surface area contributed by atoms with E-state index in [-0.39, 0.29) is 5.75 Å². The molecule has 27 heavy (non-hydrogen) atoms. The molecule has 5 atom stereocenters. The van der Waals surface area contributed by atoms with Gasteiger partial charge in [-0.3, -0.25) is 4.79 Å². The maximum Gasteiger partial charge on any atom is 0.336 e. The summed E-state index contributed by atoms with van der Waals surface area (Å²) in [5, 5.41) is 32.9. The van der Waals surface area contributed by atoms with E-state index in [4.69, 9.17) is 13.9 Å². The van der Waals surface area contributed by atoms with Crippen molar-refractivity contribution in [2.45, 2.75) is 44.5 Å². The Kier molecular flexibility index (Phi) is 5.47. The van der Waals surface area contributed by atoms with Crippen LogP contribution in [0.2, 0.25) is 0 Å². The van der Waals surface area contributed by atoms with E-state index in [0.717, 1.165) is 10.9 Å². The molecular weight excluding hydrogens is 358 g/mol. The topological polar surface area (TPSA) is 138 Å². The lowest BCUT2D eigenvalue weighted by atomic mass is 9.97. The fraction of sp³-hybridized carbons (Fsp3) is 0.444. The Bertz CT molecular complexity index is 895. The summed E-state index contributed by atoms with van der Waals surface area (Å²) in [6.45, 7) is 2.48. The molecular formula is C18H21NO8. The Labute approximate surface area is 154 Å². The van der Waals surface area contributed by atoms with Gasteiger partial charge in [-0.05, 0) is 24.6 Å². The first-order valence-corrected chi connectivity index (χ1v) is 8.41. The molecule has 0 spiro atoms. The molecule has 0 radical (unpaired) electrons. The van der Waals surface area contributed by atoms with Crippen LogP contribution in [0.5, 0.6) is 5.75 Å². The average molecular weight is 379 g/mol. The van der Waals surface area contributed by atoms with Crippen LogP contribution in [0.15, 0.2) is 33.5 Å². The molecule has 146 valence electrons. The van der Waals surface area contributed by atoms with Gasteiger partial charge in [0, 0.05) is 24.4 Å². The quantitative estimate of drug-likeness (QED) is 0.518. The Hall–Kier alpha value is -2.46. The van der Waals surface area contributed by atoms with Crippen molar-refractivity contribution in [1.29, 1.82) is 0 Å². The second kappa shape index (κ2) is 7.65. The van der Waals surface area contributed by atoms with Gasteiger partial charge in [0.05, 0.1) is 6.61 Å². The minimum Gasteiger partial charge on any atom is -0.462 e. The lowest BCUT2D eigenvalue weighted by Crippen LogP contribution is -2.65. The third-order valence-corrected chi connectivity index (χ3v) is 4.43. The van der Waals surface area contributed by atoms with Gasteiger partial charge in [-0.2, -0.15) is 0 Å². The minimum atomic E-state index is -1.41. The summed E-state index contributed by atoms with van der Waals surface area (Å²) in [7, 11) is 0. The molecule has 4 N–H and O–H groups in total. The highest BCUT2D eigenvalue weighted by atomic mass is 16.7. The number of hydrogen-bond acceptors (Lipinski definition) is 8. The molecule has 1 fully saturated rings. The molecule has 1 saturated heterocycles. The molecule has 1 amide bonds. The molecule has 1 aliphatic rings. The summed E-state index contributed by atoms with van der Waals surface area (Å²) in [6.07, 6.45) is -5.08. The number of rotatable bonds is 4. The largest absolute Gasteiger partial charge is 0.462 e. The molecule has 9 heteroatoms. The molecule has 0 saturated carbocycles. The molecule has 2 aromatic rings. The van der Waals surface area contributed by atoms with E-state index in [9.17, 15) is 24.9 Å². The number of hydrogen-bond donors (Lipinski definition) is 4. The molecule has 9 nitrogen and oxygen atoms in total. The summed E-state index contributed by atoms with van der Waals surface area (Å²) in [4.78, 5) is 23.0. The van der Waals surface area contributed by atoms with Crippen molar-refractivity contribution >= 4 is 16.9 Å². The number of benzene rings is 1. The normalized spacial score (nSPS) is 28.1. The predicted octanol–water partition coefficient (Wildman–Crippen LogP) is -0.576. The Morgan fingerprint density at radius 2 is 2.00 bits per heavy atom. The first kappa shape index (κ1) is 19.3. The number of carbonyl (C=O) groups excluding carboxylic acids is 1. The Balaban J connectivity index is 1.91. The highest BCUT2D eigenvalue weighted by Gasteiger charge is 2.46. The average Bonchev–Trinajstić information content (AvgIpc) is 2.60. The van der Waals surface area contributed by atoms with Crippen molar-refractivity contribution < 1.29 is 34.0 Å². The first-order valence-electron chi connectivity index (χ1n) is 8.41. The second-order valence-electron chi connectivity index (χ2n) is 6.46. The van der Waals surface area contributed by atoms with E-state index in [1.807, 2.05) is 0 Å². The summed E-state index contributed by atoms with van der Waals surface area (Å²) in [5.41, 5.74) is 0.557. The van der Waals surface area contributed by atoms with Crippen molar-refractivity contribution in [2.24, 2.45) is 0 Å². The van der Waals surface area contributed by atoms with Crippen LogP contribution < -0.4 is 15.7 Å². The zero-order chi connectivity index (χ0) is 19.7. The second-order valence-corrected chi connectivity index (χ2v) is 6.46. The minimum absolute atomic E-state index is 0.261.